The van der Waals surface area contributed by atoms with E-state index < -0.39 is 0 Å². The molecule has 1 amide bonds. The lowest BCUT2D eigenvalue weighted by molar-refractivity contribution is -0.118. The Labute approximate surface area is 112 Å². The van der Waals surface area contributed by atoms with Crippen LogP contribution in [0.25, 0.3) is 0 Å². The van der Waals surface area contributed by atoms with Crippen molar-refractivity contribution in [3.05, 3.63) is 18.2 Å². The van der Waals surface area contributed by atoms with Crippen molar-refractivity contribution < 1.29 is 14.3 Å². The van der Waals surface area contributed by atoms with E-state index in [2.05, 4.69) is 12.2 Å². The second kappa shape index (κ2) is 5.09. The van der Waals surface area contributed by atoms with Crippen molar-refractivity contribution in [2.45, 2.75) is 13.3 Å². The van der Waals surface area contributed by atoms with Crippen molar-refractivity contribution in [2.24, 2.45) is 5.92 Å². The van der Waals surface area contributed by atoms with Gasteiger partial charge in [-0.25, -0.2) is 0 Å². The number of carbonyl (C=O) groups excluding carboxylic acids is 1. The van der Waals surface area contributed by atoms with Gasteiger partial charge in [0.1, 0.15) is 0 Å². The molecule has 1 aromatic carbocycles. The van der Waals surface area contributed by atoms with Crippen LogP contribution in [0.15, 0.2) is 18.2 Å². The predicted molar refractivity (Wildman–Crippen MR) is 71.6 cm³/mol. The molecular weight excluding hydrogens is 244 g/mol. The van der Waals surface area contributed by atoms with Crippen LogP contribution in [0.1, 0.15) is 13.3 Å². The molecule has 1 aromatic rings. The Morgan fingerprint density at radius 2 is 2.16 bits per heavy atom. The number of nitrogens with one attached hydrogen (secondary N) is 1. The smallest absolute Gasteiger partial charge is 0.231 e. The number of carbonyl (C=O) groups is 1. The molecule has 0 saturated carbocycles. The predicted octanol–water partition coefficient (Wildman–Crippen LogP) is 1.38. The largest absolute Gasteiger partial charge is 0.454 e. The third-order valence-electron chi connectivity index (χ3n) is 3.47. The highest BCUT2D eigenvalue weighted by Gasteiger charge is 2.23. The van der Waals surface area contributed by atoms with Crippen molar-refractivity contribution in [3.63, 3.8) is 0 Å². The maximum atomic E-state index is 12.2. The van der Waals surface area contributed by atoms with Gasteiger partial charge in [0.05, 0.1) is 0 Å². The first-order valence-electron chi connectivity index (χ1n) is 6.65. The summed E-state index contributed by atoms with van der Waals surface area (Å²) < 4.78 is 10.7. The molecular formula is C14H18N2O3. The molecule has 1 saturated heterocycles. The Hall–Kier alpha value is -1.75. The molecule has 0 bridgehead atoms. The van der Waals surface area contributed by atoms with E-state index in [1.165, 1.54) is 0 Å². The number of hydrogen-bond donors (Lipinski definition) is 1. The van der Waals surface area contributed by atoms with E-state index in [4.69, 9.17) is 9.47 Å². The van der Waals surface area contributed by atoms with Crippen molar-refractivity contribution in [3.8, 4) is 11.5 Å². The van der Waals surface area contributed by atoms with E-state index in [1.807, 2.05) is 23.1 Å². The third kappa shape index (κ3) is 2.51. The number of hydrogen-bond acceptors (Lipinski definition) is 4. The molecule has 19 heavy (non-hydrogen) atoms. The number of fused-ring (bicyclic) bond motifs is 1. The number of rotatable bonds is 1. The summed E-state index contributed by atoms with van der Waals surface area (Å²) in [5, 5.41) is 3.29. The molecule has 2 aliphatic rings. The van der Waals surface area contributed by atoms with Crippen LogP contribution < -0.4 is 19.7 Å². The van der Waals surface area contributed by atoms with Crippen LogP contribution in [0, 0.1) is 5.92 Å². The Morgan fingerprint density at radius 3 is 3.05 bits per heavy atom. The van der Waals surface area contributed by atoms with Gasteiger partial charge in [-0.2, -0.15) is 0 Å². The maximum Gasteiger partial charge on any atom is 0.231 e. The molecule has 0 aliphatic carbocycles. The summed E-state index contributed by atoms with van der Waals surface area (Å²) in [6, 6.07) is 5.68. The lowest BCUT2D eigenvalue weighted by atomic mass is 10.1. The van der Waals surface area contributed by atoms with Gasteiger partial charge in [0, 0.05) is 31.3 Å². The number of amides is 1. The SMILES string of the molecule is CC1CNCCC(=O)N(c2ccc3c(c2)OCO3)C1. The minimum absolute atomic E-state index is 0.151. The molecule has 1 atom stereocenters. The summed E-state index contributed by atoms with van der Waals surface area (Å²) in [5.41, 5.74) is 0.892. The molecule has 0 radical (unpaired) electrons. The number of anilines is 1. The average molecular weight is 262 g/mol. The normalized spacial score (nSPS) is 23.1. The summed E-state index contributed by atoms with van der Waals surface area (Å²) in [7, 11) is 0. The van der Waals surface area contributed by atoms with Gasteiger partial charge < -0.3 is 19.7 Å². The first-order valence-corrected chi connectivity index (χ1v) is 6.65. The molecule has 1 unspecified atom stereocenters. The van der Waals surface area contributed by atoms with E-state index in [0.29, 0.717) is 12.3 Å². The highest BCUT2D eigenvalue weighted by Crippen LogP contribution is 2.35. The highest BCUT2D eigenvalue weighted by molar-refractivity contribution is 5.94. The Morgan fingerprint density at radius 1 is 1.32 bits per heavy atom. The van der Waals surface area contributed by atoms with Gasteiger partial charge in [0.15, 0.2) is 11.5 Å². The number of ether oxygens (including phenoxy) is 2. The van der Waals surface area contributed by atoms with Gasteiger partial charge in [0.25, 0.3) is 0 Å². The molecule has 0 spiro atoms. The van der Waals surface area contributed by atoms with Crippen molar-refractivity contribution >= 4 is 11.6 Å². The fourth-order valence-corrected chi connectivity index (χ4v) is 2.46. The van der Waals surface area contributed by atoms with Crippen LogP contribution in [0.2, 0.25) is 0 Å². The topological polar surface area (TPSA) is 50.8 Å². The molecule has 5 heteroatoms. The molecule has 102 valence electrons. The highest BCUT2D eigenvalue weighted by atomic mass is 16.7. The van der Waals surface area contributed by atoms with Gasteiger partial charge in [-0.1, -0.05) is 6.92 Å². The van der Waals surface area contributed by atoms with E-state index in [-0.39, 0.29) is 12.7 Å². The fourth-order valence-electron chi connectivity index (χ4n) is 2.46. The maximum absolute atomic E-state index is 12.2. The average Bonchev–Trinajstić information content (AvgIpc) is 2.86. The van der Waals surface area contributed by atoms with Gasteiger partial charge in [-0.15, -0.1) is 0 Å². The lowest BCUT2D eigenvalue weighted by Gasteiger charge is -2.29. The zero-order valence-corrected chi connectivity index (χ0v) is 11.0. The van der Waals surface area contributed by atoms with Crippen molar-refractivity contribution in [2.75, 3.05) is 31.3 Å². The van der Waals surface area contributed by atoms with Gasteiger partial charge in [-0.3, -0.25) is 4.79 Å². The molecule has 3 rings (SSSR count). The van der Waals surface area contributed by atoms with Gasteiger partial charge >= 0.3 is 0 Å². The van der Waals surface area contributed by atoms with E-state index in [1.54, 1.807) is 0 Å². The van der Waals surface area contributed by atoms with Gasteiger partial charge in [-0.05, 0) is 24.6 Å². The Kier molecular flexibility index (Phi) is 3.29. The quantitative estimate of drug-likeness (QED) is 0.830. The third-order valence-corrected chi connectivity index (χ3v) is 3.47. The second-order valence-electron chi connectivity index (χ2n) is 5.10. The Balaban J connectivity index is 1.87. The van der Waals surface area contributed by atoms with E-state index >= 15 is 0 Å². The van der Waals surface area contributed by atoms with Crippen LogP contribution in [0.4, 0.5) is 5.69 Å². The minimum atomic E-state index is 0.151. The molecule has 1 N–H and O–H groups in total. The second-order valence-corrected chi connectivity index (χ2v) is 5.10. The molecule has 2 heterocycles. The summed E-state index contributed by atoms with van der Waals surface area (Å²) in [6.07, 6.45) is 0.529. The molecule has 5 nitrogen and oxygen atoms in total. The number of nitrogens with zero attached hydrogens (tertiary/aromatic N) is 1. The van der Waals surface area contributed by atoms with Crippen LogP contribution >= 0.6 is 0 Å². The summed E-state index contributed by atoms with van der Waals surface area (Å²) in [6.45, 7) is 4.81. The standard InChI is InChI=1S/C14H18N2O3/c1-10-7-15-5-4-14(17)16(8-10)11-2-3-12-13(6-11)19-9-18-12/h2-3,6,10,15H,4-5,7-9H2,1H3. The summed E-state index contributed by atoms with van der Waals surface area (Å²) >= 11 is 0. The molecule has 2 aliphatic heterocycles. The van der Waals surface area contributed by atoms with Crippen LogP contribution in [0.3, 0.4) is 0 Å². The molecule has 1 fully saturated rings. The zero-order chi connectivity index (χ0) is 13.2. The molecule has 0 aromatic heterocycles. The fraction of sp³-hybridized carbons (Fsp3) is 0.500. The summed E-state index contributed by atoms with van der Waals surface area (Å²) in [5.74, 6) is 2.05. The van der Waals surface area contributed by atoms with Crippen LogP contribution in [-0.2, 0) is 4.79 Å². The van der Waals surface area contributed by atoms with Crippen LogP contribution in [0.5, 0.6) is 11.5 Å². The first-order chi connectivity index (χ1) is 9.24. The Bertz CT molecular complexity index is 490. The van der Waals surface area contributed by atoms with E-state index in [0.717, 1.165) is 36.8 Å². The number of benzene rings is 1. The lowest BCUT2D eigenvalue weighted by Crippen LogP contribution is -2.42. The minimum Gasteiger partial charge on any atom is -0.454 e. The van der Waals surface area contributed by atoms with Crippen molar-refractivity contribution in [1.29, 1.82) is 0 Å². The zero-order valence-electron chi connectivity index (χ0n) is 11.0. The van der Waals surface area contributed by atoms with E-state index in [9.17, 15) is 4.79 Å². The van der Waals surface area contributed by atoms with Gasteiger partial charge in [0.2, 0.25) is 12.7 Å². The summed E-state index contributed by atoms with van der Waals surface area (Å²) in [4.78, 5) is 14.1. The monoisotopic (exact) mass is 262 g/mol. The first kappa shape index (κ1) is 12.3. The van der Waals surface area contributed by atoms with Crippen molar-refractivity contribution in [1.82, 2.24) is 5.32 Å². The van der Waals surface area contributed by atoms with Crippen LogP contribution in [-0.4, -0.2) is 32.3 Å².